The van der Waals surface area contributed by atoms with Gasteiger partial charge in [-0.2, -0.15) is 0 Å². The van der Waals surface area contributed by atoms with E-state index >= 15 is 0 Å². The molecule has 0 aromatic carbocycles. The summed E-state index contributed by atoms with van der Waals surface area (Å²) in [6, 6.07) is 0. The molecule has 0 saturated heterocycles. The van der Waals surface area contributed by atoms with Gasteiger partial charge in [-0.25, -0.2) is 4.79 Å². The van der Waals surface area contributed by atoms with Gasteiger partial charge in [0.15, 0.2) is 0 Å². The lowest BCUT2D eigenvalue weighted by atomic mass is 10.1. The first-order valence-electron chi connectivity index (χ1n) is 5.43. The van der Waals surface area contributed by atoms with Gasteiger partial charge in [0, 0.05) is 23.6 Å². The van der Waals surface area contributed by atoms with E-state index in [2.05, 4.69) is 0 Å². The second-order valence-electron chi connectivity index (χ2n) is 3.69. The van der Waals surface area contributed by atoms with Crippen molar-refractivity contribution in [3.63, 3.8) is 0 Å². The van der Waals surface area contributed by atoms with E-state index in [0.29, 0.717) is 36.5 Å². The molecule has 16 heavy (non-hydrogen) atoms. The largest absolute Gasteiger partial charge is 0.449 e. The highest BCUT2D eigenvalue weighted by Gasteiger charge is 2.22. The van der Waals surface area contributed by atoms with Crippen LogP contribution in [0, 0.1) is 0 Å². The Morgan fingerprint density at radius 3 is 3.00 bits per heavy atom. The minimum absolute atomic E-state index is 0.257. The first-order chi connectivity index (χ1) is 7.69. The van der Waals surface area contributed by atoms with Gasteiger partial charge in [-0.3, -0.25) is 4.79 Å². The second-order valence-corrected chi connectivity index (χ2v) is 4.14. The molecule has 1 amide bonds. The van der Waals surface area contributed by atoms with Crippen molar-refractivity contribution in [2.24, 2.45) is 0 Å². The molecule has 0 aromatic rings. The zero-order valence-electron chi connectivity index (χ0n) is 9.37. The molecule has 1 aliphatic rings. The van der Waals surface area contributed by atoms with Gasteiger partial charge in [0.25, 0.3) is 0 Å². The zero-order valence-corrected chi connectivity index (χ0v) is 10.1. The molecule has 5 heteroatoms. The Balaban J connectivity index is 2.45. The summed E-state index contributed by atoms with van der Waals surface area (Å²) in [4.78, 5) is 23.7. The van der Waals surface area contributed by atoms with Crippen molar-refractivity contribution < 1.29 is 14.3 Å². The van der Waals surface area contributed by atoms with Crippen LogP contribution in [0.15, 0.2) is 10.6 Å². The molecule has 1 aliphatic heterocycles. The van der Waals surface area contributed by atoms with Crippen molar-refractivity contribution in [3.05, 3.63) is 10.6 Å². The molecule has 4 nitrogen and oxygen atoms in total. The van der Waals surface area contributed by atoms with Crippen molar-refractivity contribution in [1.29, 1.82) is 0 Å². The number of ether oxygens (including phenoxy) is 1. The predicted molar refractivity (Wildman–Crippen MR) is 61.4 cm³/mol. The Morgan fingerprint density at radius 2 is 2.38 bits per heavy atom. The topological polar surface area (TPSA) is 46.6 Å². The van der Waals surface area contributed by atoms with Crippen molar-refractivity contribution >= 4 is 24.0 Å². The summed E-state index contributed by atoms with van der Waals surface area (Å²) in [5, 5.41) is 0.549. The molecular formula is C11H16ClNO3. The number of rotatable bonds is 4. The number of amides is 1. The zero-order chi connectivity index (χ0) is 12.0. The lowest BCUT2D eigenvalue weighted by Crippen LogP contribution is -2.37. The van der Waals surface area contributed by atoms with Gasteiger partial charge in [-0.15, -0.1) is 0 Å². The van der Waals surface area contributed by atoms with E-state index in [1.54, 1.807) is 0 Å². The molecule has 0 atom stereocenters. The Kier molecular flexibility index (Phi) is 5.32. The number of unbranched alkanes of at least 4 members (excludes halogenated alkanes) is 1. The van der Waals surface area contributed by atoms with Crippen LogP contribution in [0.5, 0.6) is 0 Å². The Hall–Kier alpha value is -1.03. The maximum absolute atomic E-state index is 11.6. The van der Waals surface area contributed by atoms with E-state index in [1.807, 2.05) is 6.92 Å². The third-order valence-electron chi connectivity index (χ3n) is 2.43. The number of hydrogen-bond acceptors (Lipinski definition) is 3. The van der Waals surface area contributed by atoms with Crippen molar-refractivity contribution in [1.82, 2.24) is 4.90 Å². The molecule has 0 aliphatic carbocycles. The van der Waals surface area contributed by atoms with Crippen molar-refractivity contribution in [2.45, 2.75) is 26.2 Å². The highest BCUT2D eigenvalue weighted by molar-refractivity contribution is 6.31. The van der Waals surface area contributed by atoms with E-state index in [-0.39, 0.29) is 12.6 Å². The molecule has 0 bridgehead atoms. The summed E-state index contributed by atoms with van der Waals surface area (Å²) in [5.41, 5.74) is 0.473. The van der Waals surface area contributed by atoms with E-state index in [1.165, 1.54) is 4.90 Å². The minimum atomic E-state index is -0.364. The van der Waals surface area contributed by atoms with E-state index in [0.717, 1.165) is 12.8 Å². The monoisotopic (exact) mass is 245 g/mol. The number of halogens is 1. The smallest absolute Gasteiger partial charge is 0.410 e. The molecule has 0 saturated carbocycles. The molecule has 0 N–H and O–H groups in total. The Bertz CT molecular complexity index is 302. The van der Waals surface area contributed by atoms with Crippen LogP contribution < -0.4 is 0 Å². The van der Waals surface area contributed by atoms with Gasteiger partial charge in [-0.1, -0.05) is 24.9 Å². The quantitative estimate of drug-likeness (QED) is 0.564. The summed E-state index contributed by atoms with van der Waals surface area (Å²) >= 11 is 5.85. The number of hydrogen-bond donors (Lipinski definition) is 0. The standard InChI is InChI=1S/C11H16ClNO3/c1-2-3-6-16-11(15)13-5-4-10(12)9(7-13)8-14/h8H,2-7H2,1H3. The SMILES string of the molecule is CCCCOC(=O)N1CCC(Cl)=C(C=O)C1. The molecule has 1 rings (SSSR count). The fourth-order valence-corrected chi connectivity index (χ4v) is 1.61. The van der Waals surface area contributed by atoms with Crippen LogP contribution in [-0.4, -0.2) is 37.0 Å². The third-order valence-corrected chi connectivity index (χ3v) is 2.87. The van der Waals surface area contributed by atoms with Crippen LogP contribution in [0.2, 0.25) is 0 Å². The van der Waals surface area contributed by atoms with Gasteiger partial charge >= 0.3 is 6.09 Å². The average Bonchev–Trinajstić information content (AvgIpc) is 2.30. The fraction of sp³-hybridized carbons (Fsp3) is 0.636. The summed E-state index contributed by atoms with van der Waals surface area (Å²) in [6.45, 7) is 3.23. The van der Waals surface area contributed by atoms with Gasteiger partial charge in [0.1, 0.15) is 6.29 Å². The number of carbonyl (C=O) groups is 2. The maximum atomic E-state index is 11.6. The maximum Gasteiger partial charge on any atom is 0.410 e. The fourth-order valence-electron chi connectivity index (χ4n) is 1.42. The van der Waals surface area contributed by atoms with Crippen LogP contribution in [-0.2, 0) is 9.53 Å². The lowest BCUT2D eigenvalue weighted by molar-refractivity contribution is -0.105. The lowest BCUT2D eigenvalue weighted by Gasteiger charge is -2.26. The molecule has 0 fully saturated rings. The first-order valence-corrected chi connectivity index (χ1v) is 5.81. The van der Waals surface area contributed by atoms with Gasteiger partial charge in [-0.05, 0) is 6.42 Å². The Morgan fingerprint density at radius 1 is 1.62 bits per heavy atom. The third kappa shape index (κ3) is 3.52. The predicted octanol–water partition coefficient (Wildman–Crippen LogP) is 2.32. The molecule has 90 valence electrons. The summed E-state index contributed by atoms with van der Waals surface area (Å²) in [7, 11) is 0. The van der Waals surface area contributed by atoms with Crippen molar-refractivity contribution in [3.8, 4) is 0 Å². The van der Waals surface area contributed by atoms with Gasteiger partial charge in [0.2, 0.25) is 0 Å². The molecule has 1 heterocycles. The molecular weight excluding hydrogens is 230 g/mol. The Labute approximate surface area is 100 Å². The van der Waals surface area contributed by atoms with Crippen LogP contribution in [0.4, 0.5) is 4.79 Å². The number of carbonyl (C=O) groups excluding carboxylic acids is 2. The average molecular weight is 246 g/mol. The van der Waals surface area contributed by atoms with Crippen LogP contribution >= 0.6 is 11.6 Å². The van der Waals surface area contributed by atoms with E-state index in [9.17, 15) is 9.59 Å². The first kappa shape index (κ1) is 13.0. The number of aldehydes is 1. The highest BCUT2D eigenvalue weighted by Crippen LogP contribution is 2.20. The van der Waals surface area contributed by atoms with E-state index in [4.69, 9.17) is 16.3 Å². The minimum Gasteiger partial charge on any atom is -0.449 e. The summed E-state index contributed by atoms with van der Waals surface area (Å²) in [5.74, 6) is 0. The van der Waals surface area contributed by atoms with Crippen LogP contribution in [0.1, 0.15) is 26.2 Å². The van der Waals surface area contributed by atoms with Gasteiger partial charge in [0.05, 0.1) is 13.2 Å². The van der Waals surface area contributed by atoms with Gasteiger partial charge < -0.3 is 9.64 Å². The normalized spacial score (nSPS) is 16.2. The molecule has 0 spiro atoms. The van der Waals surface area contributed by atoms with Crippen LogP contribution in [0.25, 0.3) is 0 Å². The number of nitrogens with zero attached hydrogens (tertiary/aromatic N) is 1. The van der Waals surface area contributed by atoms with Crippen LogP contribution in [0.3, 0.4) is 0 Å². The molecule has 0 unspecified atom stereocenters. The van der Waals surface area contributed by atoms with Crippen molar-refractivity contribution in [2.75, 3.05) is 19.7 Å². The second kappa shape index (κ2) is 6.53. The highest BCUT2D eigenvalue weighted by atomic mass is 35.5. The molecule has 0 aromatic heterocycles. The summed E-state index contributed by atoms with van der Waals surface area (Å²) < 4.78 is 5.06. The molecule has 0 radical (unpaired) electrons. The van der Waals surface area contributed by atoms with E-state index < -0.39 is 0 Å². The summed E-state index contributed by atoms with van der Waals surface area (Å²) in [6.07, 6.45) is 2.71.